The SMILES string of the molecule is CCCCCCCNC(=O)CCCCOC1OC(CO)C(O)C(O)C1NC(C)=O. The number of amides is 2. The highest BCUT2D eigenvalue weighted by molar-refractivity contribution is 5.75. The van der Waals surface area contributed by atoms with Crippen LogP contribution in [0.25, 0.3) is 0 Å². The Balaban J connectivity index is 2.26. The third kappa shape index (κ3) is 9.86. The molecule has 9 heteroatoms. The van der Waals surface area contributed by atoms with Gasteiger partial charge in [-0.05, 0) is 19.3 Å². The minimum Gasteiger partial charge on any atom is -0.394 e. The lowest BCUT2D eigenvalue weighted by Crippen LogP contribution is -2.64. The summed E-state index contributed by atoms with van der Waals surface area (Å²) >= 11 is 0. The van der Waals surface area contributed by atoms with Gasteiger partial charge in [-0.2, -0.15) is 0 Å². The van der Waals surface area contributed by atoms with Gasteiger partial charge >= 0.3 is 0 Å². The molecule has 170 valence electrons. The third-order valence-electron chi connectivity index (χ3n) is 4.93. The van der Waals surface area contributed by atoms with Gasteiger partial charge in [-0.3, -0.25) is 9.59 Å². The Morgan fingerprint density at radius 3 is 2.41 bits per heavy atom. The highest BCUT2D eigenvalue weighted by Crippen LogP contribution is 2.22. The summed E-state index contributed by atoms with van der Waals surface area (Å²) in [6, 6.07) is -0.943. The van der Waals surface area contributed by atoms with Gasteiger partial charge < -0.3 is 35.4 Å². The van der Waals surface area contributed by atoms with Crippen LogP contribution in [0.5, 0.6) is 0 Å². The van der Waals surface area contributed by atoms with Crippen LogP contribution in [-0.4, -0.2) is 77.5 Å². The summed E-state index contributed by atoms with van der Waals surface area (Å²) in [6.45, 7) is 3.94. The van der Waals surface area contributed by atoms with Crippen molar-refractivity contribution in [3.8, 4) is 0 Å². The van der Waals surface area contributed by atoms with Gasteiger partial charge in [0.15, 0.2) is 6.29 Å². The number of nitrogens with one attached hydrogen (secondary N) is 2. The van der Waals surface area contributed by atoms with E-state index in [0.717, 1.165) is 12.8 Å². The maximum atomic E-state index is 11.8. The van der Waals surface area contributed by atoms with E-state index in [-0.39, 0.29) is 12.5 Å². The highest BCUT2D eigenvalue weighted by Gasteiger charge is 2.45. The molecule has 1 heterocycles. The summed E-state index contributed by atoms with van der Waals surface area (Å²) in [5.74, 6) is -0.378. The van der Waals surface area contributed by atoms with Gasteiger partial charge in [-0.25, -0.2) is 0 Å². The van der Waals surface area contributed by atoms with Gasteiger partial charge in [0.1, 0.15) is 24.4 Å². The third-order valence-corrected chi connectivity index (χ3v) is 4.93. The molecule has 2 amide bonds. The van der Waals surface area contributed by atoms with Crippen LogP contribution in [0.3, 0.4) is 0 Å². The topological polar surface area (TPSA) is 137 Å². The Bertz CT molecular complexity index is 478. The molecule has 29 heavy (non-hydrogen) atoms. The lowest BCUT2D eigenvalue weighted by Gasteiger charge is -2.42. The molecule has 1 saturated heterocycles. The molecule has 9 nitrogen and oxygen atoms in total. The van der Waals surface area contributed by atoms with Crippen molar-refractivity contribution in [3.63, 3.8) is 0 Å². The molecule has 0 aliphatic carbocycles. The largest absolute Gasteiger partial charge is 0.394 e. The molecule has 1 rings (SSSR count). The van der Waals surface area contributed by atoms with Crippen molar-refractivity contribution in [2.45, 2.75) is 95.9 Å². The van der Waals surface area contributed by atoms with Gasteiger partial charge in [0.05, 0.1) is 6.61 Å². The number of unbranched alkanes of at least 4 members (excludes halogenated alkanes) is 5. The van der Waals surface area contributed by atoms with Gasteiger partial charge in [0.25, 0.3) is 0 Å². The van der Waals surface area contributed by atoms with Crippen LogP contribution in [0.15, 0.2) is 0 Å². The first-order valence-electron chi connectivity index (χ1n) is 10.7. The van der Waals surface area contributed by atoms with E-state index >= 15 is 0 Å². The Kier molecular flexibility index (Phi) is 13.0. The molecule has 0 aromatic carbocycles. The van der Waals surface area contributed by atoms with Gasteiger partial charge in [-0.15, -0.1) is 0 Å². The summed E-state index contributed by atoms with van der Waals surface area (Å²) in [5, 5.41) is 34.9. The predicted octanol–water partition coefficient (Wildman–Crippen LogP) is 0.204. The van der Waals surface area contributed by atoms with Crippen molar-refractivity contribution >= 4 is 11.8 Å². The summed E-state index contributed by atoms with van der Waals surface area (Å²) in [5.41, 5.74) is 0. The van der Waals surface area contributed by atoms with Gasteiger partial charge in [0, 0.05) is 26.5 Å². The maximum absolute atomic E-state index is 11.8. The van der Waals surface area contributed by atoms with Crippen molar-refractivity contribution in [1.82, 2.24) is 10.6 Å². The minimum atomic E-state index is -1.33. The minimum absolute atomic E-state index is 0.0180. The number of carbonyl (C=O) groups excluding carboxylic acids is 2. The van der Waals surface area contributed by atoms with E-state index in [0.29, 0.717) is 25.8 Å². The van der Waals surface area contributed by atoms with Crippen molar-refractivity contribution in [3.05, 3.63) is 0 Å². The molecule has 0 saturated carbocycles. The van der Waals surface area contributed by atoms with Crippen LogP contribution < -0.4 is 10.6 Å². The number of rotatable bonds is 14. The molecule has 5 N–H and O–H groups in total. The Morgan fingerprint density at radius 1 is 1.03 bits per heavy atom. The van der Waals surface area contributed by atoms with E-state index in [1.807, 2.05) is 0 Å². The molecule has 0 radical (unpaired) electrons. The Labute approximate surface area is 173 Å². The first kappa shape index (κ1) is 25.8. The lowest BCUT2D eigenvalue weighted by molar-refractivity contribution is -0.270. The quantitative estimate of drug-likeness (QED) is 0.254. The van der Waals surface area contributed by atoms with Crippen LogP contribution in [0, 0.1) is 0 Å². The fraction of sp³-hybridized carbons (Fsp3) is 0.900. The molecular weight excluding hydrogens is 380 g/mol. The molecule has 0 bridgehead atoms. The number of aliphatic hydroxyl groups excluding tert-OH is 3. The second-order valence-corrected chi connectivity index (χ2v) is 7.53. The molecule has 0 spiro atoms. The second kappa shape index (κ2) is 14.7. The fourth-order valence-corrected chi connectivity index (χ4v) is 3.24. The zero-order chi connectivity index (χ0) is 21.6. The summed E-state index contributed by atoms with van der Waals surface area (Å²) in [7, 11) is 0. The van der Waals surface area contributed by atoms with Gasteiger partial charge in [0.2, 0.25) is 11.8 Å². The molecule has 1 aliphatic heterocycles. The second-order valence-electron chi connectivity index (χ2n) is 7.53. The fourth-order valence-electron chi connectivity index (χ4n) is 3.24. The smallest absolute Gasteiger partial charge is 0.219 e. The molecule has 0 aromatic rings. The summed E-state index contributed by atoms with van der Waals surface area (Å²) in [4.78, 5) is 23.2. The normalized spacial score (nSPS) is 26.9. The van der Waals surface area contributed by atoms with Crippen molar-refractivity contribution < 1.29 is 34.4 Å². The highest BCUT2D eigenvalue weighted by atomic mass is 16.7. The molecule has 0 aromatic heterocycles. The van der Waals surface area contributed by atoms with E-state index in [9.17, 15) is 24.9 Å². The predicted molar refractivity (Wildman–Crippen MR) is 107 cm³/mol. The maximum Gasteiger partial charge on any atom is 0.219 e. The summed E-state index contributed by atoms with van der Waals surface area (Å²) in [6.07, 6.45) is 2.76. The monoisotopic (exact) mass is 418 g/mol. The number of hydrogen-bond acceptors (Lipinski definition) is 7. The van der Waals surface area contributed by atoms with E-state index in [2.05, 4.69) is 17.6 Å². The molecule has 1 fully saturated rings. The summed E-state index contributed by atoms with van der Waals surface area (Å²) < 4.78 is 11.1. The standard InChI is InChI=1S/C20H38N2O7/c1-3-4-5-6-8-11-21-16(25)10-7-9-12-28-20-17(22-14(2)24)19(27)18(26)15(13-23)29-20/h15,17-20,23,26-27H,3-13H2,1-2H3,(H,21,25)(H,22,24). The Morgan fingerprint density at radius 2 is 1.76 bits per heavy atom. The van der Waals surface area contributed by atoms with Crippen LogP contribution >= 0.6 is 0 Å². The zero-order valence-electron chi connectivity index (χ0n) is 17.6. The molecule has 5 atom stereocenters. The van der Waals surface area contributed by atoms with Crippen molar-refractivity contribution in [2.24, 2.45) is 0 Å². The average Bonchev–Trinajstić information content (AvgIpc) is 2.69. The molecule has 5 unspecified atom stereocenters. The van der Waals surface area contributed by atoms with E-state index in [1.165, 1.54) is 26.2 Å². The van der Waals surface area contributed by atoms with Crippen LogP contribution in [0.1, 0.15) is 65.2 Å². The lowest BCUT2D eigenvalue weighted by atomic mass is 9.97. The van der Waals surface area contributed by atoms with Crippen LogP contribution in [0.4, 0.5) is 0 Å². The first-order valence-corrected chi connectivity index (χ1v) is 10.7. The molecule has 1 aliphatic rings. The number of ether oxygens (including phenoxy) is 2. The van der Waals surface area contributed by atoms with E-state index in [4.69, 9.17) is 9.47 Å². The van der Waals surface area contributed by atoms with E-state index in [1.54, 1.807) is 0 Å². The number of carbonyl (C=O) groups is 2. The zero-order valence-corrected chi connectivity index (χ0v) is 17.6. The van der Waals surface area contributed by atoms with Crippen LogP contribution in [0.2, 0.25) is 0 Å². The van der Waals surface area contributed by atoms with Crippen molar-refractivity contribution in [2.75, 3.05) is 19.8 Å². The van der Waals surface area contributed by atoms with Gasteiger partial charge in [-0.1, -0.05) is 32.6 Å². The van der Waals surface area contributed by atoms with Crippen molar-refractivity contribution in [1.29, 1.82) is 0 Å². The Hall–Kier alpha value is -1.26. The average molecular weight is 419 g/mol. The van der Waals surface area contributed by atoms with E-state index < -0.39 is 43.2 Å². The molecular formula is C20H38N2O7. The van der Waals surface area contributed by atoms with Crippen LogP contribution in [-0.2, 0) is 19.1 Å². The number of hydrogen-bond donors (Lipinski definition) is 5. The first-order chi connectivity index (χ1) is 13.9. The number of aliphatic hydroxyl groups is 3.